The number of aliphatic hydroxyl groups is 3. The molecule has 206 valence electrons. The van der Waals surface area contributed by atoms with Crippen LogP contribution in [0.4, 0.5) is 0 Å². The number of carbonyl (C=O) groups excluding carboxylic acids is 1. The number of allylic oxidation sites excluding steroid dienone is 4. The van der Waals surface area contributed by atoms with Crippen LogP contribution in [0.3, 0.4) is 0 Å². The zero-order valence-corrected chi connectivity index (χ0v) is 22.9. The SMILES string of the molecule is CCCC/C=C\CCCCCCCC(=O)NC(CO)C(O)C(O)CCC/C=C/CCCCCCC. The van der Waals surface area contributed by atoms with E-state index in [0.717, 1.165) is 44.9 Å². The number of hydrogen-bond donors (Lipinski definition) is 4. The predicted molar refractivity (Wildman–Crippen MR) is 148 cm³/mol. The Morgan fingerprint density at radius 1 is 0.686 bits per heavy atom. The molecule has 0 aromatic carbocycles. The summed E-state index contributed by atoms with van der Waals surface area (Å²) >= 11 is 0. The Morgan fingerprint density at radius 2 is 1.17 bits per heavy atom. The minimum absolute atomic E-state index is 0.170. The van der Waals surface area contributed by atoms with Gasteiger partial charge in [-0.25, -0.2) is 0 Å². The summed E-state index contributed by atoms with van der Waals surface area (Å²) in [6, 6.07) is -0.823. The van der Waals surface area contributed by atoms with Gasteiger partial charge in [0.15, 0.2) is 0 Å². The highest BCUT2D eigenvalue weighted by atomic mass is 16.3. The molecule has 0 aliphatic carbocycles. The van der Waals surface area contributed by atoms with Crippen LogP contribution in [-0.4, -0.2) is 46.1 Å². The highest BCUT2D eigenvalue weighted by molar-refractivity contribution is 5.76. The van der Waals surface area contributed by atoms with E-state index >= 15 is 0 Å². The van der Waals surface area contributed by atoms with E-state index in [1.807, 2.05) is 0 Å². The molecular weight excluding hydrogens is 438 g/mol. The predicted octanol–water partition coefficient (Wildman–Crippen LogP) is 6.75. The minimum Gasteiger partial charge on any atom is -0.394 e. The van der Waals surface area contributed by atoms with E-state index in [-0.39, 0.29) is 12.5 Å². The molecule has 1 amide bonds. The fourth-order valence-electron chi connectivity index (χ4n) is 4.14. The summed E-state index contributed by atoms with van der Waals surface area (Å²) in [5, 5.41) is 33.0. The van der Waals surface area contributed by atoms with Gasteiger partial charge in [-0.1, -0.05) is 95.9 Å². The first-order chi connectivity index (χ1) is 17.1. The lowest BCUT2D eigenvalue weighted by Crippen LogP contribution is -2.50. The third-order valence-electron chi connectivity index (χ3n) is 6.53. The largest absolute Gasteiger partial charge is 0.394 e. The van der Waals surface area contributed by atoms with Gasteiger partial charge in [-0.3, -0.25) is 4.79 Å². The molecule has 35 heavy (non-hydrogen) atoms. The first-order valence-electron chi connectivity index (χ1n) is 14.6. The normalized spacial score (nSPS) is 14.5. The zero-order valence-electron chi connectivity index (χ0n) is 22.9. The molecule has 0 fully saturated rings. The third kappa shape index (κ3) is 21.8. The van der Waals surface area contributed by atoms with Crippen LogP contribution in [-0.2, 0) is 4.79 Å². The van der Waals surface area contributed by atoms with Crippen LogP contribution >= 0.6 is 0 Å². The Hall–Kier alpha value is -1.17. The van der Waals surface area contributed by atoms with Gasteiger partial charge in [0, 0.05) is 6.42 Å². The summed E-state index contributed by atoms with van der Waals surface area (Å²) in [6.07, 6.45) is 26.9. The van der Waals surface area contributed by atoms with E-state index in [1.54, 1.807) is 0 Å². The van der Waals surface area contributed by atoms with E-state index in [1.165, 1.54) is 64.2 Å². The van der Waals surface area contributed by atoms with Crippen LogP contribution in [0.15, 0.2) is 24.3 Å². The molecule has 3 unspecified atom stereocenters. The summed E-state index contributed by atoms with van der Waals surface area (Å²) in [5.74, 6) is -0.170. The number of amides is 1. The molecule has 5 nitrogen and oxygen atoms in total. The highest BCUT2D eigenvalue weighted by Gasteiger charge is 2.26. The molecule has 0 spiro atoms. The number of rotatable bonds is 25. The van der Waals surface area contributed by atoms with Crippen LogP contribution in [0, 0.1) is 0 Å². The first-order valence-corrected chi connectivity index (χ1v) is 14.6. The van der Waals surface area contributed by atoms with Gasteiger partial charge in [-0.15, -0.1) is 0 Å². The van der Waals surface area contributed by atoms with Crippen molar-refractivity contribution in [3.63, 3.8) is 0 Å². The van der Waals surface area contributed by atoms with Crippen molar-refractivity contribution in [1.82, 2.24) is 5.32 Å². The number of nitrogens with one attached hydrogen (secondary N) is 1. The molecule has 0 rings (SSSR count). The maximum atomic E-state index is 12.2. The van der Waals surface area contributed by atoms with Crippen molar-refractivity contribution < 1.29 is 20.1 Å². The molecule has 0 saturated heterocycles. The Bertz CT molecular complexity index is 520. The van der Waals surface area contributed by atoms with Crippen molar-refractivity contribution in [2.24, 2.45) is 0 Å². The zero-order chi connectivity index (χ0) is 26.0. The number of carbonyl (C=O) groups is 1. The van der Waals surface area contributed by atoms with Crippen LogP contribution in [0.25, 0.3) is 0 Å². The quantitative estimate of drug-likeness (QED) is 0.0833. The molecule has 0 aromatic rings. The Kier molecular flexibility index (Phi) is 25.0. The van der Waals surface area contributed by atoms with Gasteiger partial charge in [0.25, 0.3) is 0 Å². The Labute approximate surface area is 216 Å². The van der Waals surface area contributed by atoms with Crippen molar-refractivity contribution in [2.45, 2.75) is 154 Å². The fourth-order valence-corrected chi connectivity index (χ4v) is 4.14. The summed E-state index contributed by atoms with van der Waals surface area (Å²) in [5.41, 5.74) is 0. The molecule has 0 radical (unpaired) electrons. The molecule has 0 heterocycles. The van der Waals surface area contributed by atoms with Crippen LogP contribution in [0.1, 0.15) is 136 Å². The summed E-state index contributed by atoms with van der Waals surface area (Å²) < 4.78 is 0. The maximum absolute atomic E-state index is 12.2. The van der Waals surface area contributed by atoms with Crippen molar-refractivity contribution in [3.8, 4) is 0 Å². The van der Waals surface area contributed by atoms with E-state index in [9.17, 15) is 20.1 Å². The van der Waals surface area contributed by atoms with Crippen LogP contribution in [0.5, 0.6) is 0 Å². The molecule has 0 aromatic heterocycles. The minimum atomic E-state index is -1.16. The summed E-state index contributed by atoms with van der Waals surface area (Å²) in [4.78, 5) is 12.2. The summed E-state index contributed by atoms with van der Waals surface area (Å²) in [7, 11) is 0. The average molecular weight is 496 g/mol. The molecule has 4 N–H and O–H groups in total. The molecule has 0 saturated carbocycles. The van der Waals surface area contributed by atoms with E-state index in [2.05, 4.69) is 43.5 Å². The lowest BCUT2D eigenvalue weighted by Gasteiger charge is -2.26. The van der Waals surface area contributed by atoms with E-state index in [4.69, 9.17) is 0 Å². The average Bonchev–Trinajstić information content (AvgIpc) is 2.86. The van der Waals surface area contributed by atoms with Crippen LogP contribution < -0.4 is 5.32 Å². The van der Waals surface area contributed by atoms with Gasteiger partial charge in [-0.2, -0.15) is 0 Å². The monoisotopic (exact) mass is 495 g/mol. The van der Waals surface area contributed by atoms with Gasteiger partial charge >= 0.3 is 0 Å². The Morgan fingerprint density at radius 3 is 1.74 bits per heavy atom. The standard InChI is InChI=1S/C30H57NO4/c1-3-5-7-9-11-13-15-17-19-21-23-25-29(34)31-27(26-32)30(35)28(33)24-22-20-18-16-14-12-10-8-6-4-2/h9,11,16,18,27-28,30,32-33,35H,3-8,10,12-15,17,19-26H2,1-2H3,(H,31,34)/b11-9-,18-16+. The molecular formula is C30H57NO4. The van der Waals surface area contributed by atoms with Crippen LogP contribution in [0.2, 0.25) is 0 Å². The second-order valence-electron chi connectivity index (χ2n) is 9.94. The summed E-state index contributed by atoms with van der Waals surface area (Å²) in [6.45, 7) is 4.05. The van der Waals surface area contributed by atoms with E-state index in [0.29, 0.717) is 12.8 Å². The van der Waals surface area contributed by atoms with Crippen molar-refractivity contribution >= 4 is 5.91 Å². The lowest BCUT2D eigenvalue weighted by molar-refractivity contribution is -0.124. The van der Waals surface area contributed by atoms with Crippen molar-refractivity contribution in [3.05, 3.63) is 24.3 Å². The van der Waals surface area contributed by atoms with Gasteiger partial charge in [0.1, 0.15) is 6.10 Å². The molecule has 5 heteroatoms. The van der Waals surface area contributed by atoms with Crippen molar-refractivity contribution in [1.29, 1.82) is 0 Å². The molecule has 0 bridgehead atoms. The Balaban J connectivity index is 3.86. The fraction of sp³-hybridized carbons (Fsp3) is 0.833. The number of hydrogen-bond acceptors (Lipinski definition) is 4. The van der Waals surface area contributed by atoms with Gasteiger partial charge in [0.2, 0.25) is 5.91 Å². The first kappa shape index (κ1) is 33.8. The number of aliphatic hydroxyl groups excluding tert-OH is 3. The smallest absolute Gasteiger partial charge is 0.220 e. The van der Waals surface area contributed by atoms with Gasteiger partial charge in [0.05, 0.1) is 18.8 Å². The lowest BCUT2D eigenvalue weighted by atomic mass is 10.0. The maximum Gasteiger partial charge on any atom is 0.220 e. The third-order valence-corrected chi connectivity index (χ3v) is 6.53. The molecule has 0 aliphatic rings. The second kappa shape index (κ2) is 25.9. The number of unbranched alkanes of at least 4 members (excludes halogenated alkanes) is 13. The topological polar surface area (TPSA) is 89.8 Å². The molecule has 3 atom stereocenters. The van der Waals surface area contributed by atoms with Crippen molar-refractivity contribution in [2.75, 3.05) is 6.61 Å². The highest BCUT2D eigenvalue weighted by Crippen LogP contribution is 2.12. The van der Waals surface area contributed by atoms with Gasteiger partial charge in [-0.05, 0) is 57.8 Å². The molecule has 0 aliphatic heterocycles. The van der Waals surface area contributed by atoms with Gasteiger partial charge < -0.3 is 20.6 Å². The second-order valence-corrected chi connectivity index (χ2v) is 9.94. The van der Waals surface area contributed by atoms with E-state index < -0.39 is 18.2 Å².